The smallest absolute Gasteiger partial charge is 0.339 e. The van der Waals surface area contributed by atoms with Crippen LogP contribution in [0.15, 0.2) is 76.0 Å². The van der Waals surface area contributed by atoms with E-state index in [9.17, 15) is 27.9 Å². The Labute approximate surface area is 240 Å². The van der Waals surface area contributed by atoms with Crippen LogP contribution >= 0.6 is 0 Å². The number of nitrogens with zero attached hydrogens (tertiary/aromatic N) is 1. The molecule has 1 N–H and O–H groups in total. The number of ketones is 2. The molecule has 0 unspecified atom stereocenters. The highest BCUT2D eigenvalue weighted by Gasteiger charge is 2.50. The number of carbonyl (C=O) groups excluding carboxylic acids is 2. The lowest BCUT2D eigenvalue weighted by Gasteiger charge is -2.48. The molecule has 5 rings (SSSR count). The summed E-state index contributed by atoms with van der Waals surface area (Å²) < 4.78 is 32.4. The monoisotopic (exact) mass is 577 g/mol. The maximum absolute atomic E-state index is 13.9. The van der Waals surface area contributed by atoms with E-state index < -0.39 is 32.8 Å². The Morgan fingerprint density at radius 2 is 1.39 bits per heavy atom. The average molecular weight is 578 g/mol. The third kappa shape index (κ3) is 5.47. The van der Waals surface area contributed by atoms with Gasteiger partial charge in [-0.05, 0) is 48.8 Å². The Balaban J connectivity index is 1.74. The second-order valence-corrected chi connectivity index (χ2v) is 14.5. The summed E-state index contributed by atoms with van der Waals surface area (Å²) in [6.45, 7) is 9.34. The Hall–Kier alpha value is -3.72. The summed E-state index contributed by atoms with van der Waals surface area (Å²) in [5, 5.41) is 9.87. The molecular formula is C32H35NO7S. The van der Waals surface area contributed by atoms with Crippen LogP contribution in [0.3, 0.4) is 0 Å². The van der Waals surface area contributed by atoms with E-state index in [1.165, 1.54) is 18.2 Å². The molecule has 0 fully saturated rings. The summed E-state index contributed by atoms with van der Waals surface area (Å²) in [5.41, 5.74) is 2.30. The predicted octanol–water partition coefficient (Wildman–Crippen LogP) is 5.53. The lowest BCUT2D eigenvalue weighted by molar-refractivity contribution is -0.138. The number of carboxylic acids is 1. The van der Waals surface area contributed by atoms with Gasteiger partial charge in [0.05, 0.1) is 0 Å². The fourth-order valence-corrected chi connectivity index (χ4v) is 7.30. The summed E-state index contributed by atoms with van der Waals surface area (Å²) >= 11 is 0. The van der Waals surface area contributed by atoms with Crippen molar-refractivity contribution in [1.29, 1.82) is 0 Å². The van der Waals surface area contributed by atoms with Crippen molar-refractivity contribution in [1.82, 2.24) is 4.90 Å². The van der Waals surface area contributed by atoms with Crippen molar-refractivity contribution >= 4 is 27.7 Å². The molecule has 0 amide bonds. The molecule has 0 aromatic heterocycles. The number of Topliss-reactive ketones (excluding diaryl/α,β-unsaturated/α-hetero) is 2. The molecule has 2 aromatic carbocycles. The van der Waals surface area contributed by atoms with Crippen LogP contribution in [0.25, 0.3) is 0 Å². The predicted molar refractivity (Wildman–Crippen MR) is 153 cm³/mol. The van der Waals surface area contributed by atoms with Crippen LogP contribution in [-0.2, 0) is 24.5 Å². The molecule has 0 spiro atoms. The minimum absolute atomic E-state index is 0.0139. The van der Waals surface area contributed by atoms with Crippen molar-refractivity contribution in [3.8, 4) is 5.75 Å². The average Bonchev–Trinajstić information content (AvgIpc) is 2.84. The number of rotatable bonds is 6. The number of allylic oxidation sites excluding steroid dienone is 4. The highest BCUT2D eigenvalue weighted by Crippen LogP contribution is 2.55. The first-order valence-electron chi connectivity index (χ1n) is 13.7. The van der Waals surface area contributed by atoms with Crippen molar-refractivity contribution in [2.24, 2.45) is 10.8 Å². The molecule has 0 saturated heterocycles. The Kier molecular flexibility index (Phi) is 7.01. The SMILES string of the molecule is Cc1ccc(S(=O)(=O)Oc2ccccc2C2C3=C(CC(C)(C)CC3=O)N(CC(=O)O)C3=C2C(=O)CC(C)(C)C3)cc1. The molecule has 0 saturated carbocycles. The van der Waals surface area contributed by atoms with E-state index in [1.54, 1.807) is 35.2 Å². The Bertz CT molecular complexity index is 1570. The van der Waals surface area contributed by atoms with Gasteiger partial charge in [-0.3, -0.25) is 14.4 Å². The van der Waals surface area contributed by atoms with Crippen LogP contribution in [0.5, 0.6) is 5.75 Å². The number of para-hydroxylation sites is 1. The first-order chi connectivity index (χ1) is 19.1. The molecule has 3 aliphatic rings. The Morgan fingerprint density at radius 1 is 0.878 bits per heavy atom. The summed E-state index contributed by atoms with van der Waals surface area (Å²) in [5.74, 6) is -2.28. The maximum atomic E-state index is 13.9. The van der Waals surface area contributed by atoms with E-state index >= 15 is 0 Å². The van der Waals surface area contributed by atoms with Gasteiger partial charge in [-0.15, -0.1) is 0 Å². The number of hydrogen-bond acceptors (Lipinski definition) is 7. The van der Waals surface area contributed by atoms with E-state index in [0.29, 0.717) is 40.9 Å². The first-order valence-corrected chi connectivity index (χ1v) is 15.1. The molecule has 41 heavy (non-hydrogen) atoms. The number of hydrogen-bond donors (Lipinski definition) is 1. The van der Waals surface area contributed by atoms with E-state index in [1.807, 2.05) is 34.6 Å². The van der Waals surface area contributed by atoms with Crippen LogP contribution < -0.4 is 4.18 Å². The van der Waals surface area contributed by atoms with Gasteiger partial charge in [-0.1, -0.05) is 63.6 Å². The van der Waals surface area contributed by atoms with Crippen LogP contribution in [0.1, 0.15) is 70.4 Å². The second kappa shape index (κ2) is 9.98. The van der Waals surface area contributed by atoms with Crippen LogP contribution in [0.2, 0.25) is 0 Å². The van der Waals surface area contributed by atoms with E-state index in [0.717, 1.165) is 5.56 Å². The zero-order valence-corrected chi connectivity index (χ0v) is 24.8. The standard InChI is InChI=1S/C32H35NO7S/c1-19-10-12-20(13-11-19)41(38,39)40-26-9-7-6-8-21(26)28-29-22(14-31(2,3)16-24(29)34)33(18-27(36)37)23-15-32(4,5)17-25(35)30(23)28/h6-13,28H,14-18H2,1-5H3,(H,36,37). The lowest BCUT2D eigenvalue weighted by Crippen LogP contribution is -2.45. The molecule has 2 aliphatic carbocycles. The molecular weight excluding hydrogens is 542 g/mol. The number of benzene rings is 2. The van der Waals surface area contributed by atoms with E-state index in [4.69, 9.17) is 4.18 Å². The van der Waals surface area contributed by atoms with Crippen molar-refractivity contribution in [3.05, 3.63) is 82.2 Å². The van der Waals surface area contributed by atoms with Crippen LogP contribution in [-0.4, -0.2) is 42.5 Å². The van der Waals surface area contributed by atoms with Gasteiger partial charge in [0.25, 0.3) is 0 Å². The number of aliphatic carboxylic acids is 1. The van der Waals surface area contributed by atoms with E-state index in [-0.39, 0.29) is 41.6 Å². The Morgan fingerprint density at radius 3 is 1.90 bits per heavy atom. The molecule has 9 heteroatoms. The molecule has 2 aromatic rings. The third-order valence-electron chi connectivity index (χ3n) is 8.05. The highest BCUT2D eigenvalue weighted by molar-refractivity contribution is 7.87. The van der Waals surface area contributed by atoms with Gasteiger partial charge in [0, 0.05) is 46.9 Å². The van der Waals surface area contributed by atoms with Crippen LogP contribution in [0, 0.1) is 17.8 Å². The van der Waals surface area contributed by atoms with Gasteiger partial charge in [-0.2, -0.15) is 8.42 Å². The number of carbonyl (C=O) groups is 3. The summed E-state index contributed by atoms with van der Waals surface area (Å²) in [6, 6.07) is 12.9. The quantitative estimate of drug-likeness (QED) is 0.445. The summed E-state index contributed by atoms with van der Waals surface area (Å²) in [7, 11) is -4.23. The topological polar surface area (TPSA) is 118 Å². The summed E-state index contributed by atoms with van der Waals surface area (Å²) in [4.78, 5) is 41.5. The van der Waals surface area contributed by atoms with Gasteiger partial charge < -0.3 is 14.2 Å². The molecule has 1 heterocycles. The number of carboxylic acid groups (broad SMARTS) is 1. The highest BCUT2D eigenvalue weighted by atomic mass is 32.2. The minimum atomic E-state index is -4.23. The molecule has 8 nitrogen and oxygen atoms in total. The van der Waals surface area contributed by atoms with Crippen molar-refractivity contribution in [2.45, 2.75) is 71.1 Å². The van der Waals surface area contributed by atoms with Gasteiger partial charge >= 0.3 is 16.1 Å². The first kappa shape index (κ1) is 28.8. The molecule has 0 radical (unpaired) electrons. The zero-order valence-electron chi connectivity index (χ0n) is 24.0. The fourth-order valence-electron chi connectivity index (χ4n) is 6.35. The molecule has 1 aliphatic heterocycles. The van der Waals surface area contributed by atoms with Gasteiger partial charge in [0.2, 0.25) is 0 Å². The third-order valence-corrected chi connectivity index (χ3v) is 9.30. The lowest BCUT2D eigenvalue weighted by atomic mass is 9.63. The van der Waals surface area contributed by atoms with Crippen molar-refractivity contribution in [3.63, 3.8) is 0 Å². The fraction of sp³-hybridized carbons (Fsp3) is 0.406. The van der Waals surface area contributed by atoms with Gasteiger partial charge in [0.1, 0.15) is 17.2 Å². The molecule has 0 atom stereocenters. The maximum Gasteiger partial charge on any atom is 0.339 e. The van der Waals surface area contributed by atoms with Gasteiger partial charge in [0.15, 0.2) is 11.6 Å². The van der Waals surface area contributed by atoms with E-state index in [2.05, 4.69) is 0 Å². The summed E-state index contributed by atoms with van der Waals surface area (Å²) in [6.07, 6.45) is 1.31. The second-order valence-electron chi connectivity index (χ2n) is 12.9. The molecule has 216 valence electrons. The molecule has 0 bridgehead atoms. The zero-order chi connectivity index (χ0) is 29.9. The van der Waals surface area contributed by atoms with Crippen molar-refractivity contribution < 1.29 is 32.1 Å². The normalized spacial score (nSPS) is 20.6. The minimum Gasteiger partial charge on any atom is -0.480 e. The number of aryl methyl sites for hydroxylation is 1. The largest absolute Gasteiger partial charge is 0.480 e. The van der Waals surface area contributed by atoms with Gasteiger partial charge in [-0.25, -0.2) is 0 Å². The van der Waals surface area contributed by atoms with Crippen molar-refractivity contribution in [2.75, 3.05) is 6.54 Å². The van der Waals surface area contributed by atoms with Crippen LogP contribution in [0.4, 0.5) is 0 Å².